The summed E-state index contributed by atoms with van der Waals surface area (Å²) in [6.07, 6.45) is 1.70. The fourth-order valence-corrected chi connectivity index (χ4v) is 14.6. The van der Waals surface area contributed by atoms with Crippen LogP contribution < -0.4 is 0 Å². The molecule has 0 amide bonds. The van der Waals surface area contributed by atoms with E-state index in [-0.39, 0.29) is 0 Å². The Balaban J connectivity index is 0.851. The first-order valence-corrected chi connectivity index (χ1v) is 32.3. The summed E-state index contributed by atoms with van der Waals surface area (Å²) in [6, 6.07) is 110. The number of benzene rings is 13. The van der Waals surface area contributed by atoms with Crippen LogP contribution in [0.4, 0.5) is 0 Å². The highest BCUT2D eigenvalue weighted by molar-refractivity contribution is 6.16. The van der Waals surface area contributed by atoms with Gasteiger partial charge in [0.05, 0.1) is 33.1 Å². The second-order valence-corrected chi connectivity index (χ2v) is 24.6. The van der Waals surface area contributed by atoms with E-state index in [0.29, 0.717) is 34.9 Å². The lowest BCUT2D eigenvalue weighted by Crippen LogP contribution is -2.02. The minimum Gasteiger partial charge on any atom is -0.309 e. The molecule has 19 rings (SSSR count). The third-order valence-corrected chi connectivity index (χ3v) is 18.9. The molecule has 0 fully saturated rings. The zero-order valence-electron chi connectivity index (χ0n) is 51.4. The van der Waals surface area contributed by atoms with Gasteiger partial charge < -0.3 is 13.7 Å². The molecule has 5 heterocycles. The summed E-state index contributed by atoms with van der Waals surface area (Å²) < 4.78 is 7.30. The molecule has 0 N–H and O–H groups in total. The second-order valence-electron chi connectivity index (χ2n) is 24.6. The van der Waals surface area contributed by atoms with Crippen LogP contribution in [0.25, 0.3) is 173 Å². The van der Waals surface area contributed by atoms with Crippen LogP contribution in [0.2, 0.25) is 0 Å². The standard InChI is InChI=1S/C86H55N9/c1-6-24-54(25-7-1)81-87-82(55-26-8-2-9-27-55)90-85(89-81)64-46-60(48-67(50-64)94-73-38-20-16-34-69(73)70-35-17-21-39-74(70)94)62-44-58-42-43-59-45-63(53-78-80(59)79(58)77(52-62)93(78)66-32-14-5-15-33-66)61-47-65(51-68(49-61)95-75-40-22-18-36-71(75)72-37-19-23-41-76(72)95)86-91-83(56-28-10-3-11-29-56)88-84(92-86)57-30-12-4-13-31-57/h1-41,44-53H,42-43H2. The van der Waals surface area contributed by atoms with E-state index < -0.39 is 0 Å². The lowest BCUT2D eigenvalue weighted by Gasteiger charge is -2.18. The molecule has 0 aliphatic heterocycles. The van der Waals surface area contributed by atoms with Gasteiger partial charge in [-0.15, -0.1) is 0 Å². The van der Waals surface area contributed by atoms with Crippen molar-refractivity contribution < 1.29 is 0 Å². The summed E-state index contributed by atoms with van der Waals surface area (Å²) >= 11 is 0. The molecule has 0 saturated heterocycles. The molecule has 0 atom stereocenters. The Bertz CT molecular complexity index is 5500. The van der Waals surface area contributed by atoms with Crippen LogP contribution in [-0.2, 0) is 12.8 Å². The summed E-state index contributed by atoms with van der Waals surface area (Å²) in [4.78, 5) is 31.6. The molecule has 9 nitrogen and oxygen atoms in total. The maximum Gasteiger partial charge on any atom is 0.164 e. The summed E-state index contributed by atoms with van der Waals surface area (Å²) in [7, 11) is 0. The number of hydrogen-bond donors (Lipinski definition) is 0. The predicted octanol–water partition coefficient (Wildman–Crippen LogP) is 20.8. The van der Waals surface area contributed by atoms with E-state index in [1.165, 1.54) is 43.4 Å². The minimum atomic E-state index is 0.591. The topological polar surface area (TPSA) is 92.1 Å². The van der Waals surface area contributed by atoms with Crippen molar-refractivity contribution in [3.05, 3.63) is 321 Å². The van der Waals surface area contributed by atoms with Crippen LogP contribution in [0.3, 0.4) is 0 Å². The van der Waals surface area contributed by atoms with Crippen molar-refractivity contribution in [3.8, 4) is 108 Å². The Hall–Kier alpha value is -12.7. The van der Waals surface area contributed by atoms with Gasteiger partial charge >= 0.3 is 0 Å². The fraction of sp³-hybridized carbons (Fsp3) is 0.0233. The number of fused-ring (bicyclic) bond motifs is 6. The average molecular weight is 1210 g/mol. The molecule has 1 aliphatic carbocycles. The van der Waals surface area contributed by atoms with Crippen LogP contribution in [0, 0.1) is 0 Å². The Morgan fingerprint density at radius 2 is 0.442 bits per heavy atom. The predicted molar refractivity (Wildman–Crippen MR) is 387 cm³/mol. The lowest BCUT2D eigenvalue weighted by atomic mass is 9.87. The molecule has 95 heavy (non-hydrogen) atoms. The van der Waals surface area contributed by atoms with E-state index in [1.807, 2.05) is 72.8 Å². The molecule has 0 radical (unpaired) electrons. The third kappa shape index (κ3) is 9.15. The summed E-state index contributed by atoms with van der Waals surface area (Å²) in [5, 5.41) is 7.33. The molecule has 444 valence electrons. The van der Waals surface area contributed by atoms with E-state index in [2.05, 4.69) is 250 Å². The zero-order chi connectivity index (χ0) is 62.5. The van der Waals surface area contributed by atoms with Crippen molar-refractivity contribution in [3.63, 3.8) is 0 Å². The van der Waals surface area contributed by atoms with E-state index in [4.69, 9.17) is 29.9 Å². The smallest absolute Gasteiger partial charge is 0.164 e. The molecular formula is C86H55N9. The first kappa shape index (κ1) is 54.1. The van der Waals surface area contributed by atoms with Gasteiger partial charge in [0.1, 0.15) is 0 Å². The van der Waals surface area contributed by atoms with E-state index in [1.54, 1.807) is 0 Å². The SMILES string of the molecule is c1ccc(-c2nc(-c3ccccc3)nc(-c3cc(-c4cc5c6c7c(cc(-c8cc(-c9nc(-c%10ccccc%10)nc(-c%10ccccc%10)n9)cc(-n9c%10ccccc%10c%10ccccc%109)c8)cc7n(-c7ccccc7)c6c4)CC5)cc(-n4c5ccccc5c5ccccc54)c3)n2)cc1. The van der Waals surface area contributed by atoms with Gasteiger partial charge in [-0.2, -0.15) is 0 Å². The molecule has 0 bridgehead atoms. The van der Waals surface area contributed by atoms with Crippen LogP contribution in [0.5, 0.6) is 0 Å². The Kier molecular flexibility index (Phi) is 12.5. The quantitative estimate of drug-likeness (QED) is 0.128. The highest BCUT2D eigenvalue weighted by atomic mass is 15.1. The van der Waals surface area contributed by atoms with Crippen molar-refractivity contribution >= 4 is 65.4 Å². The highest BCUT2D eigenvalue weighted by Crippen LogP contribution is 2.46. The van der Waals surface area contributed by atoms with Crippen molar-refractivity contribution in [2.24, 2.45) is 0 Å². The molecule has 9 heteroatoms. The minimum absolute atomic E-state index is 0.591. The van der Waals surface area contributed by atoms with Gasteiger partial charge in [-0.3, -0.25) is 0 Å². The van der Waals surface area contributed by atoms with Gasteiger partial charge in [0, 0.05) is 82.8 Å². The number of aryl methyl sites for hydroxylation is 2. The van der Waals surface area contributed by atoms with Gasteiger partial charge in [-0.05, 0) is 131 Å². The first-order valence-electron chi connectivity index (χ1n) is 32.3. The lowest BCUT2D eigenvalue weighted by molar-refractivity contribution is 0.970. The molecule has 5 aromatic heterocycles. The van der Waals surface area contributed by atoms with Crippen LogP contribution in [0.15, 0.2) is 309 Å². The molecule has 0 saturated carbocycles. The number of nitrogens with zero attached hydrogens (tertiary/aromatic N) is 9. The van der Waals surface area contributed by atoms with Gasteiger partial charge in [0.25, 0.3) is 0 Å². The van der Waals surface area contributed by atoms with Crippen molar-refractivity contribution in [1.82, 2.24) is 43.6 Å². The summed E-state index contributed by atoms with van der Waals surface area (Å²) in [6.45, 7) is 0. The molecule has 13 aromatic carbocycles. The second kappa shape index (κ2) is 22.0. The van der Waals surface area contributed by atoms with Gasteiger partial charge in [-0.25, -0.2) is 29.9 Å². The van der Waals surface area contributed by atoms with Crippen molar-refractivity contribution in [2.45, 2.75) is 12.8 Å². The van der Waals surface area contributed by atoms with Crippen LogP contribution in [0.1, 0.15) is 11.1 Å². The fourth-order valence-electron chi connectivity index (χ4n) is 14.6. The molecular weight excluding hydrogens is 1160 g/mol. The number of aromatic nitrogens is 9. The summed E-state index contributed by atoms with van der Waals surface area (Å²) in [5.74, 6) is 3.63. The maximum absolute atomic E-state index is 5.34. The van der Waals surface area contributed by atoms with E-state index in [0.717, 1.165) is 119 Å². The number of rotatable bonds is 11. The Labute approximate surface area is 546 Å². The zero-order valence-corrected chi connectivity index (χ0v) is 51.4. The Morgan fingerprint density at radius 1 is 0.189 bits per heavy atom. The van der Waals surface area contributed by atoms with Gasteiger partial charge in [-0.1, -0.05) is 224 Å². The average Bonchev–Trinajstić information content (AvgIpc) is 1.57. The molecule has 18 aromatic rings. The molecule has 0 spiro atoms. The van der Waals surface area contributed by atoms with Crippen molar-refractivity contribution in [1.29, 1.82) is 0 Å². The summed E-state index contributed by atoms with van der Waals surface area (Å²) in [5.41, 5.74) is 22.2. The van der Waals surface area contributed by atoms with Crippen LogP contribution >= 0.6 is 0 Å². The van der Waals surface area contributed by atoms with Gasteiger partial charge in [0.2, 0.25) is 0 Å². The third-order valence-electron chi connectivity index (χ3n) is 18.9. The normalized spacial score (nSPS) is 12.1. The van der Waals surface area contributed by atoms with Gasteiger partial charge in [0.15, 0.2) is 34.9 Å². The van der Waals surface area contributed by atoms with E-state index in [9.17, 15) is 0 Å². The first-order chi connectivity index (χ1) is 47.1. The molecule has 0 unspecified atom stereocenters. The maximum atomic E-state index is 5.34. The number of hydrogen-bond acceptors (Lipinski definition) is 6. The Morgan fingerprint density at radius 3 is 0.768 bits per heavy atom. The van der Waals surface area contributed by atoms with Crippen molar-refractivity contribution in [2.75, 3.05) is 0 Å². The largest absolute Gasteiger partial charge is 0.309 e. The van der Waals surface area contributed by atoms with Crippen LogP contribution in [-0.4, -0.2) is 43.6 Å². The monoisotopic (exact) mass is 1210 g/mol. The molecule has 1 aliphatic rings. The highest BCUT2D eigenvalue weighted by Gasteiger charge is 2.27. The van der Waals surface area contributed by atoms with E-state index >= 15 is 0 Å². The number of para-hydroxylation sites is 5.